The van der Waals surface area contributed by atoms with Crippen molar-refractivity contribution in [2.75, 3.05) is 0 Å². The van der Waals surface area contributed by atoms with Gasteiger partial charge in [-0.3, -0.25) is 13.8 Å². The third kappa shape index (κ3) is 3.80. The van der Waals surface area contributed by atoms with E-state index in [9.17, 15) is 18.0 Å². The van der Waals surface area contributed by atoms with Crippen molar-refractivity contribution in [3.8, 4) is 11.6 Å². The number of ether oxygens (including phenoxy) is 1. The van der Waals surface area contributed by atoms with Crippen molar-refractivity contribution in [1.29, 1.82) is 0 Å². The van der Waals surface area contributed by atoms with E-state index in [0.717, 1.165) is 46.6 Å². The number of aromatic nitrogens is 5. The van der Waals surface area contributed by atoms with E-state index < -0.39 is 11.9 Å². The molecule has 0 aromatic carbocycles. The summed E-state index contributed by atoms with van der Waals surface area (Å²) in [5, 5.41) is 1.11. The number of nitrogens with zero attached hydrogens (tertiary/aromatic N) is 5. The van der Waals surface area contributed by atoms with Crippen LogP contribution >= 0.6 is 11.3 Å². The molecule has 4 heterocycles. The van der Waals surface area contributed by atoms with E-state index in [1.165, 1.54) is 16.8 Å². The van der Waals surface area contributed by atoms with Crippen LogP contribution in [0.5, 0.6) is 5.75 Å². The van der Waals surface area contributed by atoms with E-state index >= 15 is 0 Å². The van der Waals surface area contributed by atoms with E-state index in [1.807, 2.05) is 11.3 Å². The second kappa shape index (κ2) is 7.19. The Morgan fingerprint density at radius 3 is 2.77 bits per heavy atom. The first-order chi connectivity index (χ1) is 14.8. The molecule has 1 saturated carbocycles. The summed E-state index contributed by atoms with van der Waals surface area (Å²) in [6, 6.07) is 2.82. The number of rotatable bonds is 5. The van der Waals surface area contributed by atoms with Crippen LogP contribution in [0, 0.1) is 6.92 Å². The van der Waals surface area contributed by atoms with Gasteiger partial charge in [0.1, 0.15) is 17.4 Å². The van der Waals surface area contributed by atoms with Crippen LogP contribution in [0.2, 0.25) is 0 Å². The average Bonchev–Trinajstić information content (AvgIpc) is 3.35. The number of aryl methyl sites for hydroxylation is 1. The maximum atomic E-state index is 12.6. The van der Waals surface area contributed by atoms with Gasteiger partial charge in [-0.25, -0.2) is 15.0 Å². The van der Waals surface area contributed by atoms with E-state index in [4.69, 9.17) is 4.74 Å². The normalized spacial score (nSPS) is 14.3. The Labute approximate surface area is 177 Å². The van der Waals surface area contributed by atoms with Gasteiger partial charge in [-0.15, -0.1) is 11.3 Å². The Morgan fingerprint density at radius 1 is 1.29 bits per heavy atom. The molecule has 7 nitrogen and oxygen atoms in total. The molecule has 1 fully saturated rings. The number of fused-ring (bicyclic) bond motifs is 1. The van der Waals surface area contributed by atoms with Gasteiger partial charge in [-0.2, -0.15) is 13.2 Å². The highest BCUT2D eigenvalue weighted by Gasteiger charge is 2.33. The van der Waals surface area contributed by atoms with Crippen LogP contribution < -0.4 is 10.3 Å². The molecule has 0 unspecified atom stereocenters. The Kier molecular flexibility index (Phi) is 4.58. The van der Waals surface area contributed by atoms with Crippen LogP contribution in [0.3, 0.4) is 0 Å². The summed E-state index contributed by atoms with van der Waals surface area (Å²) in [6.45, 7) is 1.84. The van der Waals surface area contributed by atoms with Crippen LogP contribution in [-0.4, -0.2) is 23.9 Å². The number of halogens is 3. The molecule has 0 bridgehead atoms. The van der Waals surface area contributed by atoms with Crippen molar-refractivity contribution in [2.45, 2.75) is 38.5 Å². The summed E-state index contributed by atoms with van der Waals surface area (Å²) in [7, 11) is 0. The number of pyridine rings is 1. The SMILES string of the molecule is Cc1c(C2CC2)nc2cnc(-n3ccc(OCc4nc(C(F)(F)F)cs4)cc3=O)cn12. The summed E-state index contributed by atoms with van der Waals surface area (Å²) in [5.74, 6) is 1.18. The van der Waals surface area contributed by atoms with E-state index in [-0.39, 0.29) is 22.9 Å². The fourth-order valence-electron chi connectivity index (χ4n) is 3.34. The first-order valence-electron chi connectivity index (χ1n) is 9.51. The highest BCUT2D eigenvalue weighted by molar-refractivity contribution is 7.09. The van der Waals surface area contributed by atoms with Crippen LogP contribution in [0.15, 0.2) is 40.9 Å². The average molecular weight is 447 g/mol. The molecule has 0 N–H and O–H groups in total. The van der Waals surface area contributed by atoms with Gasteiger partial charge in [0.2, 0.25) is 0 Å². The maximum Gasteiger partial charge on any atom is 0.434 e. The summed E-state index contributed by atoms with van der Waals surface area (Å²) < 4.78 is 46.7. The molecule has 0 atom stereocenters. The molecule has 11 heteroatoms. The van der Waals surface area contributed by atoms with Crippen molar-refractivity contribution in [1.82, 2.24) is 23.9 Å². The molecule has 0 saturated heterocycles. The Balaban J connectivity index is 1.36. The van der Waals surface area contributed by atoms with Crippen molar-refractivity contribution in [3.63, 3.8) is 0 Å². The first-order valence-corrected chi connectivity index (χ1v) is 10.4. The number of alkyl halides is 3. The van der Waals surface area contributed by atoms with E-state index in [2.05, 4.69) is 15.0 Å². The lowest BCUT2D eigenvalue weighted by atomic mass is 10.2. The minimum Gasteiger partial charge on any atom is -0.486 e. The van der Waals surface area contributed by atoms with Gasteiger partial charge in [-0.05, 0) is 25.8 Å². The van der Waals surface area contributed by atoms with Gasteiger partial charge in [0.05, 0.1) is 18.1 Å². The summed E-state index contributed by atoms with van der Waals surface area (Å²) in [6.07, 6.45) is 2.71. The molecule has 4 aromatic rings. The molecule has 0 amide bonds. The smallest absolute Gasteiger partial charge is 0.434 e. The molecule has 160 valence electrons. The Hall–Kier alpha value is -3.21. The third-order valence-corrected chi connectivity index (χ3v) is 5.90. The van der Waals surface area contributed by atoms with Crippen molar-refractivity contribution in [3.05, 3.63) is 68.5 Å². The largest absolute Gasteiger partial charge is 0.486 e. The van der Waals surface area contributed by atoms with Gasteiger partial charge < -0.3 is 4.74 Å². The topological polar surface area (TPSA) is 74.3 Å². The van der Waals surface area contributed by atoms with Crippen LogP contribution in [-0.2, 0) is 12.8 Å². The minimum atomic E-state index is -4.49. The zero-order valence-electron chi connectivity index (χ0n) is 16.3. The van der Waals surface area contributed by atoms with Gasteiger partial charge in [0, 0.05) is 29.3 Å². The quantitative estimate of drug-likeness (QED) is 0.460. The van der Waals surface area contributed by atoms with E-state index in [0.29, 0.717) is 11.7 Å². The number of imidazole rings is 1. The first kappa shape index (κ1) is 19.7. The van der Waals surface area contributed by atoms with Crippen molar-refractivity contribution < 1.29 is 17.9 Å². The molecule has 1 aliphatic carbocycles. The molecule has 0 radical (unpaired) electrons. The Bertz CT molecular complexity index is 1340. The highest BCUT2D eigenvalue weighted by atomic mass is 32.1. The number of hydrogen-bond donors (Lipinski definition) is 0. The zero-order valence-corrected chi connectivity index (χ0v) is 17.1. The molecular weight excluding hydrogens is 431 g/mol. The lowest BCUT2D eigenvalue weighted by Gasteiger charge is -2.08. The van der Waals surface area contributed by atoms with Crippen molar-refractivity contribution in [2.24, 2.45) is 0 Å². The molecule has 1 aliphatic rings. The van der Waals surface area contributed by atoms with Gasteiger partial charge in [0.15, 0.2) is 17.2 Å². The van der Waals surface area contributed by atoms with E-state index in [1.54, 1.807) is 18.5 Å². The molecule has 31 heavy (non-hydrogen) atoms. The summed E-state index contributed by atoms with van der Waals surface area (Å²) in [5.41, 5.74) is 1.52. The summed E-state index contributed by atoms with van der Waals surface area (Å²) >= 11 is 0.853. The van der Waals surface area contributed by atoms with Gasteiger partial charge >= 0.3 is 6.18 Å². The lowest BCUT2D eigenvalue weighted by Crippen LogP contribution is -2.18. The predicted molar refractivity (Wildman–Crippen MR) is 107 cm³/mol. The third-order valence-electron chi connectivity index (χ3n) is 5.08. The standard InChI is InChI=1S/C20H16F3N5O2S/c1-11-19(12-2-3-12)26-15-7-24-16(8-28(11)15)27-5-4-13(6-18(27)29)30-9-17-25-14(10-31-17)20(21,22)23/h4-8,10,12H,2-3,9H2,1H3. The van der Waals surface area contributed by atoms with Crippen LogP contribution in [0.4, 0.5) is 13.2 Å². The Morgan fingerprint density at radius 2 is 2.10 bits per heavy atom. The highest BCUT2D eigenvalue weighted by Crippen LogP contribution is 2.41. The fourth-order valence-corrected chi connectivity index (χ4v) is 4.05. The van der Waals surface area contributed by atoms with Gasteiger partial charge in [0.25, 0.3) is 5.56 Å². The molecule has 5 rings (SSSR count). The molecule has 0 spiro atoms. The fraction of sp³-hybridized carbons (Fsp3) is 0.300. The molecule has 4 aromatic heterocycles. The van der Waals surface area contributed by atoms with Crippen LogP contribution in [0.1, 0.15) is 40.8 Å². The van der Waals surface area contributed by atoms with Crippen LogP contribution in [0.25, 0.3) is 11.5 Å². The second-order valence-corrected chi connectivity index (χ2v) is 8.26. The molecule has 0 aliphatic heterocycles. The predicted octanol–water partition coefficient (Wildman–Crippen LogP) is 4.12. The van der Waals surface area contributed by atoms with Crippen molar-refractivity contribution >= 4 is 17.0 Å². The lowest BCUT2D eigenvalue weighted by molar-refractivity contribution is -0.140. The number of thiazole rings is 1. The monoisotopic (exact) mass is 447 g/mol. The zero-order chi connectivity index (χ0) is 21.8. The second-order valence-electron chi connectivity index (χ2n) is 7.31. The molecular formula is C20H16F3N5O2S. The summed E-state index contributed by atoms with van der Waals surface area (Å²) in [4.78, 5) is 25.1. The van der Waals surface area contributed by atoms with Gasteiger partial charge in [-0.1, -0.05) is 0 Å². The minimum absolute atomic E-state index is 0.160. The number of hydrogen-bond acceptors (Lipinski definition) is 6. The maximum absolute atomic E-state index is 12.6.